The first-order valence-corrected chi connectivity index (χ1v) is 9.76. The molecule has 3 aromatic rings. The predicted molar refractivity (Wildman–Crippen MR) is 113 cm³/mol. The Balaban J connectivity index is 1.70. The van der Waals surface area contributed by atoms with E-state index in [-0.39, 0.29) is 23.6 Å². The van der Waals surface area contributed by atoms with Gasteiger partial charge in [-0.15, -0.1) is 0 Å². The summed E-state index contributed by atoms with van der Waals surface area (Å²) in [5, 5.41) is 5.06. The maximum absolute atomic E-state index is 12.7. The number of hydrazine groups is 1. The van der Waals surface area contributed by atoms with Gasteiger partial charge >= 0.3 is 0 Å². The highest BCUT2D eigenvalue weighted by Gasteiger charge is 2.17. The molecular formula is C22H24N4O4. The van der Waals surface area contributed by atoms with Crippen LogP contribution >= 0.6 is 0 Å². The summed E-state index contributed by atoms with van der Waals surface area (Å²) in [7, 11) is 1.58. The van der Waals surface area contributed by atoms with Gasteiger partial charge in [0.05, 0.1) is 12.5 Å². The fraction of sp³-hybridized carbons (Fsp3) is 0.273. The van der Waals surface area contributed by atoms with Gasteiger partial charge in [-0.1, -0.05) is 43.3 Å². The predicted octanol–water partition coefficient (Wildman–Crippen LogP) is 2.21. The molecule has 2 aromatic carbocycles. The average Bonchev–Trinajstić information content (AvgIpc) is 2.78. The zero-order chi connectivity index (χ0) is 21.5. The maximum Gasteiger partial charge on any atom is 0.290 e. The highest BCUT2D eigenvalue weighted by atomic mass is 16.5. The molecule has 0 unspecified atom stereocenters. The average molecular weight is 408 g/mol. The normalized spacial score (nSPS) is 10.6. The van der Waals surface area contributed by atoms with Gasteiger partial charge in [-0.25, -0.2) is 4.68 Å². The van der Waals surface area contributed by atoms with Crippen LogP contribution in [-0.4, -0.2) is 28.7 Å². The second-order valence-corrected chi connectivity index (χ2v) is 6.74. The minimum absolute atomic E-state index is 0.0867. The van der Waals surface area contributed by atoms with Crippen molar-refractivity contribution in [2.24, 2.45) is 0 Å². The van der Waals surface area contributed by atoms with Crippen molar-refractivity contribution in [1.29, 1.82) is 0 Å². The van der Waals surface area contributed by atoms with Gasteiger partial charge in [0, 0.05) is 18.4 Å². The fourth-order valence-corrected chi connectivity index (χ4v) is 3.17. The smallest absolute Gasteiger partial charge is 0.290 e. The second kappa shape index (κ2) is 9.69. The van der Waals surface area contributed by atoms with E-state index in [0.29, 0.717) is 35.9 Å². The van der Waals surface area contributed by atoms with Gasteiger partial charge < -0.3 is 4.74 Å². The highest BCUT2D eigenvalue weighted by molar-refractivity contribution is 6.05. The largest absolute Gasteiger partial charge is 0.496 e. The molecular weight excluding hydrogens is 384 g/mol. The van der Waals surface area contributed by atoms with Crippen molar-refractivity contribution in [2.75, 3.05) is 7.11 Å². The molecule has 8 nitrogen and oxygen atoms in total. The number of hydrogen-bond acceptors (Lipinski definition) is 5. The number of nitrogens with zero attached hydrogens (tertiary/aromatic N) is 2. The first-order valence-electron chi connectivity index (χ1n) is 9.76. The molecule has 0 spiro atoms. The van der Waals surface area contributed by atoms with Crippen LogP contribution in [0.5, 0.6) is 5.75 Å². The molecule has 0 bridgehead atoms. The van der Waals surface area contributed by atoms with Gasteiger partial charge in [-0.3, -0.25) is 25.2 Å². The van der Waals surface area contributed by atoms with Gasteiger partial charge in [0.15, 0.2) is 5.69 Å². The standard InChI is InChI=1S/C22H24N4O4/c1-3-14-26-22(29)17-10-6-5-9-16(17)20(25-26)21(28)24-23-19(27)13-12-15-8-4-7-11-18(15)30-2/h4-11H,3,12-14H2,1-2H3,(H,23,27)(H,24,28). The van der Waals surface area contributed by atoms with Crippen molar-refractivity contribution in [2.45, 2.75) is 32.7 Å². The van der Waals surface area contributed by atoms with Crippen LogP contribution in [0.4, 0.5) is 0 Å². The molecule has 156 valence electrons. The fourth-order valence-electron chi connectivity index (χ4n) is 3.17. The van der Waals surface area contributed by atoms with Crippen molar-refractivity contribution < 1.29 is 14.3 Å². The Morgan fingerprint density at radius 1 is 1.03 bits per heavy atom. The number of carbonyl (C=O) groups is 2. The maximum atomic E-state index is 12.7. The van der Waals surface area contributed by atoms with Crippen LogP contribution < -0.4 is 21.1 Å². The van der Waals surface area contributed by atoms with E-state index in [9.17, 15) is 14.4 Å². The monoisotopic (exact) mass is 408 g/mol. The van der Waals surface area contributed by atoms with E-state index in [2.05, 4.69) is 16.0 Å². The SMILES string of the molecule is CCCn1nc(C(=O)NNC(=O)CCc2ccccc2OC)c2ccccc2c1=O. The summed E-state index contributed by atoms with van der Waals surface area (Å²) >= 11 is 0. The summed E-state index contributed by atoms with van der Waals surface area (Å²) in [5.41, 5.74) is 5.55. The van der Waals surface area contributed by atoms with E-state index in [1.807, 2.05) is 31.2 Å². The van der Waals surface area contributed by atoms with Crippen molar-refractivity contribution in [3.63, 3.8) is 0 Å². The summed E-state index contributed by atoms with van der Waals surface area (Å²) in [5.74, 6) is -0.217. The number of fused-ring (bicyclic) bond motifs is 1. The Morgan fingerprint density at radius 2 is 1.73 bits per heavy atom. The number of hydrogen-bond donors (Lipinski definition) is 2. The van der Waals surface area contributed by atoms with Crippen LogP contribution in [0.1, 0.15) is 35.8 Å². The topological polar surface area (TPSA) is 102 Å². The van der Waals surface area contributed by atoms with Crippen LogP contribution in [-0.2, 0) is 17.8 Å². The summed E-state index contributed by atoms with van der Waals surface area (Å²) < 4.78 is 6.56. The summed E-state index contributed by atoms with van der Waals surface area (Å²) in [6.45, 7) is 2.32. The van der Waals surface area contributed by atoms with Crippen molar-refractivity contribution in [1.82, 2.24) is 20.6 Å². The van der Waals surface area contributed by atoms with E-state index in [0.717, 1.165) is 5.56 Å². The lowest BCUT2D eigenvalue weighted by Crippen LogP contribution is -2.43. The van der Waals surface area contributed by atoms with E-state index < -0.39 is 5.91 Å². The molecule has 0 radical (unpaired) electrons. The van der Waals surface area contributed by atoms with Crippen LogP contribution in [0.2, 0.25) is 0 Å². The van der Waals surface area contributed by atoms with Gasteiger partial charge in [-0.2, -0.15) is 5.10 Å². The van der Waals surface area contributed by atoms with Crippen LogP contribution in [0.25, 0.3) is 10.8 Å². The molecule has 0 saturated carbocycles. The lowest BCUT2D eigenvalue weighted by Gasteiger charge is -2.12. The van der Waals surface area contributed by atoms with E-state index in [1.165, 1.54) is 4.68 Å². The third-order valence-electron chi connectivity index (χ3n) is 4.65. The molecule has 0 aliphatic rings. The molecule has 1 heterocycles. The number of aromatic nitrogens is 2. The number of para-hydroxylation sites is 1. The minimum atomic E-state index is -0.582. The molecule has 0 saturated heterocycles. The third kappa shape index (κ3) is 4.65. The Morgan fingerprint density at radius 3 is 2.47 bits per heavy atom. The molecule has 2 N–H and O–H groups in total. The third-order valence-corrected chi connectivity index (χ3v) is 4.65. The number of benzene rings is 2. The lowest BCUT2D eigenvalue weighted by atomic mass is 10.1. The molecule has 30 heavy (non-hydrogen) atoms. The molecule has 0 atom stereocenters. The quantitative estimate of drug-likeness (QED) is 0.584. The molecule has 3 rings (SSSR count). The summed E-state index contributed by atoms with van der Waals surface area (Å²) in [4.78, 5) is 37.4. The van der Waals surface area contributed by atoms with Crippen molar-refractivity contribution >= 4 is 22.6 Å². The van der Waals surface area contributed by atoms with Crippen LogP contribution in [0, 0.1) is 0 Å². The number of amides is 2. The van der Waals surface area contributed by atoms with Gasteiger partial charge in [-0.05, 0) is 30.5 Å². The Bertz CT molecular complexity index is 1120. The first kappa shape index (κ1) is 21.0. The first-order chi connectivity index (χ1) is 14.5. The zero-order valence-corrected chi connectivity index (χ0v) is 17.0. The molecule has 0 aliphatic carbocycles. The van der Waals surface area contributed by atoms with Gasteiger partial charge in [0.25, 0.3) is 11.5 Å². The van der Waals surface area contributed by atoms with Crippen LogP contribution in [0.3, 0.4) is 0 Å². The number of aryl methyl sites for hydroxylation is 2. The molecule has 0 aliphatic heterocycles. The Hall–Kier alpha value is -3.68. The number of ether oxygens (including phenoxy) is 1. The Labute approximate surface area is 173 Å². The Kier molecular flexibility index (Phi) is 6.79. The lowest BCUT2D eigenvalue weighted by molar-refractivity contribution is -0.121. The minimum Gasteiger partial charge on any atom is -0.496 e. The molecule has 8 heteroatoms. The highest BCUT2D eigenvalue weighted by Crippen LogP contribution is 2.18. The number of rotatable bonds is 7. The number of nitrogens with one attached hydrogen (secondary N) is 2. The molecule has 1 aromatic heterocycles. The molecule has 2 amide bonds. The van der Waals surface area contributed by atoms with Crippen molar-refractivity contribution in [3.8, 4) is 5.75 Å². The van der Waals surface area contributed by atoms with E-state index >= 15 is 0 Å². The number of methoxy groups -OCH3 is 1. The summed E-state index contributed by atoms with van der Waals surface area (Å²) in [6.07, 6.45) is 1.34. The second-order valence-electron chi connectivity index (χ2n) is 6.74. The van der Waals surface area contributed by atoms with Gasteiger partial charge in [0.2, 0.25) is 5.91 Å². The number of carbonyl (C=O) groups excluding carboxylic acids is 2. The zero-order valence-electron chi connectivity index (χ0n) is 17.0. The molecule has 0 fully saturated rings. The van der Waals surface area contributed by atoms with Gasteiger partial charge in [0.1, 0.15) is 5.75 Å². The van der Waals surface area contributed by atoms with Crippen molar-refractivity contribution in [3.05, 3.63) is 70.1 Å². The summed E-state index contributed by atoms with van der Waals surface area (Å²) in [6, 6.07) is 14.2. The van der Waals surface area contributed by atoms with Crippen LogP contribution in [0.15, 0.2) is 53.3 Å². The van der Waals surface area contributed by atoms with E-state index in [1.54, 1.807) is 31.4 Å². The van der Waals surface area contributed by atoms with E-state index in [4.69, 9.17) is 4.74 Å².